The highest BCUT2D eigenvalue weighted by molar-refractivity contribution is 9.10. The molecule has 1 atom stereocenters. The van der Waals surface area contributed by atoms with Crippen LogP contribution < -0.4 is 10.6 Å². The normalized spacial score (nSPS) is 11.9. The van der Waals surface area contributed by atoms with Gasteiger partial charge in [-0.05, 0) is 49.0 Å². The minimum atomic E-state index is 0.157. The molecule has 0 aliphatic carbocycles. The van der Waals surface area contributed by atoms with E-state index in [-0.39, 0.29) is 6.04 Å². The molecule has 19 heavy (non-hydrogen) atoms. The number of nitrogens with one attached hydrogen (secondary N) is 2. The van der Waals surface area contributed by atoms with Gasteiger partial charge in [0.1, 0.15) is 5.76 Å². The molecule has 2 aromatic rings. The number of furan rings is 1. The second-order valence-corrected chi connectivity index (χ2v) is 5.50. The Morgan fingerprint density at radius 2 is 2.05 bits per heavy atom. The second-order valence-electron chi connectivity index (χ2n) is 4.18. The summed E-state index contributed by atoms with van der Waals surface area (Å²) in [5.74, 6) is 0.862. The van der Waals surface area contributed by atoms with Crippen molar-refractivity contribution < 1.29 is 4.42 Å². The van der Waals surface area contributed by atoms with Gasteiger partial charge in [0, 0.05) is 4.47 Å². The molecule has 0 radical (unpaired) electrons. The summed E-state index contributed by atoms with van der Waals surface area (Å²) in [6, 6.07) is 12.1. The molecule has 0 bridgehead atoms. The van der Waals surface area contributed by atoms with Crippen molar-refractivity contribution in [3.8, 4) is 0 Å². The second kappa shape index (κ2) is 6.73. The summed E-state index contributed by atoms with van der Waals surface area (Å²) in [5.41, 5.74) is 1.19. The molecule has 2 rings (SSSR count). The maximum absolute atomic E-state index is 5.26. The van der Waals surface area contributed by atoms with Crippen molar-refractivity contribution in [2.24, 2.45) is 0 Å². The molecule has 0 spiro atoms. The van der Waals surface area contributed by atoms with Gasteiger partial charge in [0.25, 0.3) is 0 Å². The molecular formula is C14H15BrN2OS. The minimum absolute atomic E-state index is 0.157. The maximum Gasteiger partial charge on any atom is 0.167 e. The van der Waals surface area contributed by atoms with E-state index in [1.807, 2.05) is 24.3 Å². The van der Waals surface area contributed by atoms with Gasteiger partial charge in [-0.3, -0.25) is 0 Å². The number of hydrogen-bond donors (Lipinski definition) is 2. The first-order valence-corrected chi connectivity index (χ1v) is 7.17. The fourth-order valence-electron chi connectivity index (χ4n) is 1.66. The summed E-state index contributed by atoms with van der Waals surface area (Å²) in [6.07, 6.45) is 1.65. The van der Waals surface area contributed by atoms with Gasteiger partial charge in [0.05, 0.1) is 18.8 Å². The van der Waals surface area contributed by atoms with E-state index < -0.39 is 0 Å². The number of hydrogen-bond acceptors (Lipinski definition) is 2. The van der Waals surface area contributed by atoms with Gasteiger partial charge in [0.2, 0.25) is 0 Å². The first-order valence-electron chi connectivity index (χ1n) is 5.97. The topological polar surface area (TPSA) is 37.2 Å². The molecule has 0 saturated carbocycles. The van der Waals surface area contributed by atoms with E-state index >= 15 is 0 Å². The Kier molecular flexibility index (Phi) is 4.99. The third-order valence-electron chi connectivity index (χ3n) is 2.72. The fourth-order valence-corrected chi connectivity index (χ4v) is 2.18. The highest BCUT2D eigenvalue weighted by Crippen LogP contribution is 2.16. The van der Waals surface area contributed by atoms with Crippen molar-refractivity contribution in [2.45, 2.75) is 19.5 Å². The third-order valence-corrected chi connectivity index (χ3v) is 3.51. The maximum atomic E-state index is 5.26. The first kappa shape index (κ1) is 14.1. The van der Waals surface area contributed by atoms with E-state index in [0.717, 1.165) is 10.2 Å². The molecule has 1 aromatic heterocycles. The molecular weight excluding hydrogens is 324 g/mol. The molecule has 1 heterocycles. The van der Waals surface area contributed by atoms with Gasteiger partial charge in [-0.25, -0.2) is 0 Å². The third kappa shape index (κ3) is 4.36. The molecule has 0 unspecified atom stereocenters. The van der Waals surface area contributed by atoms with Crippen LogP contribution in [0.4, 0.5) is 0 Å². The van der Waals surface area contributed by atoms with Gasteiger partial charge in [-0.2, -0.15) is 0 Å². The van der Waals surface area contributed by atoms with Gasteiger partial charge >= 0.3 is 0 Å². The van der Waals surface area contributed by atoms with Crippen LogP contribution in [-0.4, -0.2) is 5.11 Å². The Bertz CT molecular complexity index is 525. The van der Waals surface area contributed by atoms with Crippen LogP contribution >= 0.6 is 28.1 Å². The SMILES string of the molecule is C[C@H](NC(=S)NCc1ccco1)c1ccc(Br)cc1. The van der Waals surface area contributed by atoms with E-state index in [1.54, 1.807) is 6.26 Å². The van der Waals surface area contributed by atoms with Crippen molar-refractivity contribution in [1.82, 2.24) is 10.6 Å². The zero-order chi connectivity index (χ0) is 13.7. The molecule has 5 heteroatoms. The van der Waals surface area contributed by atoms with Crippen LogP contribution in [0.5, 0.6) is 0 Å². The smallest absolute Gasteiger partial charge is 0.167 e. The summed E-state index contributed by atoms with van der Waals surface area (Å²) in [7, 11) is 0. The van der Waals surface area contributed by atoms with Crippen LogP contribution in [0.2, 0.25) is 0 Å². The minimum Gasteiger partial charge on any atom is -0.467 e. The van der Waals surface area contributed by atoms with Crippen LogP contribution in [0, 0.1) is 0 Å². The molecule has 0 fully saturated rings. The van der Waals surface area contributed by atoms with E-state index in [0.29, 0.717) is 11.7 Å². The molecule has 0 aliphatic rings. The highest BCUT2D eigenvalue weighted by atomic mass is 79.9. The van der Waals surface area contributed by atoms with Gasteiger partial charge in [0.15, 0.2) is 5.11 Å². The van der Waals surface area contributed by atoms with Gasteiger partial charge in [-0.1, -0.05) is 28.1 Å². The Labute approximate surface area is 126 Å². The summed E-state index contributed by atoms with van der Waals surface area (Å²) in [6.45, 7) is 2.66. The van der Waals surface area contributed by atoms with E-state index in [4.69, 9.17) is 16.6 Å². The van der Waals surface area contributed by atoms with Crippen molar-refractivity contribution in [1.29, 1.82) is 0 Å². The zero-order valence-corrected chi connectivity index (χ0v) is 12.9. The monoisotopic (exact) mass is 338 g/mol. The zero-order valence-electron chi connectivity index (χ0n) is 10.5. The average Bonchev–Trinajstić information content (AvgIpc) is 2.90. The standard InChI is InChI=1S/C14H15BrN2OS/c1-10(11-4-6-12(15)7-5-11)17-14(19)16-9-13-3-2-8-18-13/h2-8,10H,9H2,1H3,(H2,16,17,19)/t10-/m0/s1. The van der Waals surface area contributed by atoms with Crippen molar-refractivity contribution in [2.75, 3.05) is 0 Å². The van der Waals surface area contributed by atoms with Gasteiger partial charge < -0.3 is 15.1 Å². The quantitative estimate of drug-likeness (QED) is 0.832. The molecule has 3 nitrogen and oxygen atoms in total. The van der Waals surface area contributed by atoms with Crippen LogP contribution in [0.3, 0.4) is 0 Å². The molecule has 0 aliphatic heterocycles. The van der Waals surface area contributed by atoms with Crippen LogP contribution in [-0.2, 0) is 6.54 Å². The van der Waals surface area contributed by atoms with Crippen LogP contribution in [0.1, 0.15) is 24.3 Å². The lowest BCUT2D eigenvalue weighted by atomic mass is 10.1. The van der Waals surface area contributed by atoms with Crippen molar-refractivity contribution in [3.05, 3.63) is 58.5 Å². The molecule has 1 aromatic carbocycles. The average molecular weight is 339 g/mol. The summed E-state index contributed by atoms with van der Waals surface area (Å²) >= 11 is 8.68. The van der Waals surface area contributed by atoms with E-state index in [1.165, 1.54) is 5.56 Å². The number of halogens is 1. The summed E-state index contributed by atoms with van der Waals surface area (Å²) in [5, 5.41) is 6.97. The Balaban J connectivity index is 1.83. The summed E-state index contributed by atoms with van der Waals surface area (Å²) < 4.78 is 6.30. The van der Waals surface area contributed by atoms with E-state index in [2.05, 4.69) is 45.6 Å². The van der Waals surface area contributed by atoms with Gasteiger partial charge in [-0.15, -0.1) is 0 Å². The highest BCUT2D eigenvalue weighted by Gasteiger charge is 2.06. The van der Waals surface area contributed by atoms with Crippen LogP contribution in [0.15, 0.2) is 51.6 Å². The Morgan fingerprint density at radius 3 is 2.68 bits per heavy atom. The molecule has 0 amide bonds. The number of benzene rings is 1. The first-order chi connectivity index (χ1) is 9.15. The van der Waals surface area contributed by atoms with Crippen LogP contribution in [0.25, 0.3) is 0 Å². The predicted molar refractivity (Wildman–Crippen MR) is 83.8 cm³/mol. The molecule has 2 N–H and O–H groups in total. The lowest BCUT2D eigenvalue weighted by Crippen LogP contribution is -2.36. The predicted octanol–water partition coefficient (Wildman–Crippen LogP) is 3.77. The van der Waals surface area contributed by atoms with E-state index in [9.17, 15) is 0 Å². The Morgan fingerprint density at radius 1 is 1.32 bits per heavy atom. The Hall–Kier alpha value is -1.33. The van der Waals surface area contributed by atoms with Crippen molar-refractivity contribution >= 4 is 33.3 Å². The molecule has 100 valence electrons. The lowest BCUT2D eigenvalue weighted by Gasteiger charge is -2.17. The number of thiocarbonyl (C=S) groups is 1. The number of rotatable bonds is 4. The lowest BCUT2D eigenvalue weighted by molar-refractivity contribution is 0.501. The fraction of sp³-hybridized carbons (Fsp3) is 0.214. The summed E-state index contributed by atoms with van der Waals surface area (Å²) in [4.78, 5) is 0. The molecule has 0 saturated heterocycles. The largest absolute Gasteiger partial charge is 0.467 e. The van der Waals surface area contributed by atoms with Crippen molar-refractivity contribution in [3.63, 3.8) is 0 Å².